The molecule has 0 amide bonds. The largest absolute Gasteiger partial charge is 0.508 e. The summed E-state index contributed by atoms with van der Waals surface area (Å²) < 4.78 is 0. The lowest BCUT2D eigenvalue weighted by molar-refractivity contribution is 0.475. The number of hydrogen-bond acceptors (Lipinski definition) is 4. The van der Waals surface area contributed by atoms with Crippen LogP contribution in [0.4, 0.5) is 0 Å². The smallest absolute Gasteiger partial charge is 0.179 e. The number of phenolic OH excluding ortho intramolecular Hbond substituents is 4. The lowest BCUT2D eigenvalue weighted by atomic mass is 10.1. The van der Waals surface area contributed by atoms with Crippen molar-refractivity contribution in [2.75, 3.05) is 0 Å². The molecule has 4 nitrogen and oxygen atoms in total. The molecule has 0 radical (unpaired) electrons. The zero-order valence-corrected chi connectivity index (χ0v) is 29.8. The summed E-state index contributed by atoms with van der Waals surface area (Å²) >= 11 is 0. The Bertz CT molecular complexity index is 2160. The van der Waals surface area contributed by atoms with Gasteiger partial charge in [0.2, 0.25) is 0 Å². The predicted molar refractivity (Wildman–Crippen MR) is 218 cm³/mol. The molecule has 0 atom stereocenters. The van der Waals surface area contributed by atoms with E-state index in [1.165, 1.54) is 20.7 Å². The topological polar surface area (TPSA) is 80.9 Å². The maximum Gasteiger partial charge on any atom is 0.179 e. The molecule has 0 unspecified atom stereocenters. The molecular formula is C48H36O4Si. The highest BCUT2D eigenvalue weighted by molar-refractivity contribution is 7.19. The van der Waals surface area contributed by atoms with Crippen molar-refractivity contribution in [3.05, 3.63) is 194 Å². The van der Waals surface area contributed by atoms with Crippen LogP contribution >= 0.6 is 0 Å². The van der Waals surface area contributed by atoms with Crippen molar-refractivity contribution in [1.29, 1.82) is 0 Å². The minimum Gasteiger partial charge on any atom is -0.508 e. The second kappa shape index (κ2) is 14.1. The van der Waals surface area contributed by atoms with E-state index in [1.54, 1.807) is 48.5 Å². The SMILES string of the molecule is Oc1cccc(-c2ccc([Si](c3ccc(-c4cccc(O)c4)cc3)(c3ccc(-c4cccc(O)c4)cc3)c3ccc(-c4cccc(O)c4)cc3)cc2)c1. The standard InChI is InChI=1S/C48H36O4Si/c49-41-9-1-5-37(29-41)33-13-21-45(22-14-33)53(46-23-15-34(16-24-46)38-6-2-10-42(50)30-38,47-25-17-35(18-26-47)39-7-3-11-43(51)31-39)48-27-19-36(20-28-48)40-8-4-12-44(52)32-40/h1-32,49-52H. The van der Waals surface area contributed by atoms with Gasteiger partial charge in [-0.2, -0.15) is 0 Å². The minimum absolute atomic E-state index is 0.223. The Morgan fingerprint density at radius 1 is 0.226 bits per heavy atom. The van der Waals surface area contributed by atoms with Gasteiger partial charge < -0.3 is 20.4 Å². The fourth-order valence-corrected chi connectivity index (χ4v) is 12.1. The molecule has 256 valence electrons. The molecule has 0 spiro atoms. The molecule has 0 aliphatic heterocycles. The summed E-state index contributed by atoms with van der Waals surface area (Å²) in [6, 6.07) is 64.1. The Morgan fingerprint density at radius 3 is 0.623 bits per heavy atom. The fourth-order valence-electron chi connectivity index (χ4n) is 7.39. The first-order valence-corrected chi connectivity index (χ1v) is 19.5. The Kier molecular flexibility index (Phi) is 8.84. The van der Waals surface area contributed by atoms with E-state index in [-0.39, 0.29) is 23.0 Å². The fraction of sp³-hybridized carbons (Fsp3) is 0. The van der Waals surface area contributed by atoms with Crippen LogP contribution in [0.3, 0.4) is 0 Å². The second-order valence-electron chi connectivity index (χ2n) is 13.3. The summed E-state index contributed by atoms with van der Waals surface area (Å²) in [6.45, 7) is 0. The van der Waals surface area contributed by atoms with Crippen molar-refractivity contribution in [2.24, 2.45) is 0 Å². The number of rotatable bonds is 8. The highest BCUT2D eigenvalue weighted by atomic mass is 28.3. The average Bonchev–Trinajstić information content (AvgIpc) is 3.19. The van der Waals surface area contributed by atoms with Crippen LogP contribution in [-0.2, 0) is 0 Å². The van der Waals surface area contributed by atoms with Crippen LogP contribution in [0.15, 0.2) is 194 Å². The van der Waals surface area contributed by atoms with Gasteiger partial charge in [-0.25, -0.2) is 0 Å². The van der Waals surface area contributed by atoms with Crippen LogP contribution in [0.25, 0.3) is 44.5 Å². The van der Waals surface area contributed by atoms with Crippen LogP contribution in [0.2, 0.25) is 0 Å². The molecule has 0 heterocycles. The quantitative estimate of drug-likeness (QED) is 0.0945. The Morgan fingerprint density at radius 2 is 0.434 bits per heavy atom. The molecule has 8 aromatic rings. The van der Waals surface area contributed by atoms with E-state index in [9.17, 15) is 20.4 Å². The van der Waals surface area contributed by atoms with Crippen LogP contribution in [-0.4, -0.2) is 28.5 Å². The summed E-state index contributed by atoms with van der Waals surface area (Å²) in [5.41, 5.74) is 7.76. The molecule has 53 heavy (non-hydrogen) atoms. The normalized spacial score (nSPS) is 11.3. The molecule has 0 saturated heterocycles. The molecule has 0 saturated carbocycles. The summed E-state index contributed by atoms with van der Waals surface area (Å²) in [5.74, 6) is 0.892. The highest BCUT2D eigenvalue weighted by Gasteiger charge is 2.41. The molecule has 4 N–H and O–H groups in total. The average molecular weight is 705 g/mol. The Balaban J connectivity index is 1.35. The number of benzene rings is 8. The lowest BCUT2D eigenvalue weighted by Gasteiger charge is -2.35. The van der Waals surface area contributed by atoms with Crippen molar-refractivity contribution in [2.45, 2.75) is 0 Å². The van der Waals surface area contributed by atoms with E-state index in [0.29, 0.717) is 0 Å². The van der Waals surface area contributed by atoms with Gasteiger partial charge in [-0.1, -0.05) is 146 Å². The molecule has 8 rings (SSSR count). The summed E-state index contributed by atoms with van der Waals surface area (Å²) in [7, 11) is -3.04. The number of phenols is 4. The maximum absolute atomic E-state index is 10.2. The third kappa shape index (κ3) is 6.58. The van der Waals surface area contributed by atoms with E-state index in [4.69, 9.17) is 0 Å². The first kappa shape index (κ1) is 33.3. The highest BCUT2D eigenvalue weighted by Crippen LogP contribution is 2.28. The van der Waals surface area contributed by atoms with Gasteiger partial charge in [-0.15, -0.1) is 0 Å². The van der Waals surface area contributed by atoms with Crippen molar-refractivity contribution in [3.63, 3.8) is 0 Å². The predicted octanol–water partition coefficient (Wildman–Crippen LogP) is 8.55. The van der Waals surface area contributed by atoms with Gasteiger partial charge >= 0.3 is 0 Å². The Labute approximate surface area is 309 Å². The zero-order valence-electron chi connectivity index (χ0n) is 28.8. The Hall–Kier alpha value is -6.82. The van der Waals surface area contributed by atoms with Gasteiger partial charge in [0.05, 0.1) is 0 Å². The number of hydrogen-bond donors (Lipinski definition) is 4. The van der Waals surface area contributed by atoms with Crippen LogP contribution in [0, 0.1) is 0 Å². The van der Waals surface area contributed by atoms with Gasteiger partial charge in [0.1, 0.15) is 23.0 Å². The second-order valence-corrected chi connectivity index (χ2v) is 17.1. The molecule has 0 aliphatic rings. The molecular weight excluding hydrogens is 669 g/mol. The van der Waals surface area contributed by atoms with Gasteiger partial charge in [0, 0.05) is 0 Å². The summed E-state index contributed by atoms with van der Waals surface area (Å²) in [6.07, 6.45) is 0. The van der Waals surface area contributed by atoms with Gasteiger partial charge in [0.15, 0.2) is 8.07 Å². The monoisotopic (exact) mass is 704 g/mol. The van der Waals surface area contributed by atoms with Gasteiger partial charge in [-0.05, 0) is 114 Å². The molecule has 0 fully saturated rings. The van der Waals surface area contributed by atoms with Gasteiger partial charge in [0.25, 0.3) is 0 Å². The van der Waals surface area contributed by atoms with Crippen molar-refractivity contribution < 1.29 is 20.4 Å². The third-order valence-electron chi connectivity index (χ3n) is 9.99. The lowest BCUT2D eigenvalue weighted by Crippen LogP contribution is -2.74. The van der Waals surface area contributed by atoms with E-state index in [0.717, 1.165) is 44.5 Å². The minimum atomic E-state index is -3.04. The van der Waals surface area contributed by atoms with Crippen molar-refractivity contribution in [3.8, 4) is 67.5 Å². The van der Waals surface area contributed by atoms with Crippen molar-refractivity contribution >= 4 is 28.8 Å². The maximum atomic E-state index is 10.2. The zero-order chi connectivity index (χ0) is 36.4. The third-order valence-corrected chi connectivity index (χ3v) is 14.8. The van der Waals surface area contributed by atoms with Crippen molar-refractivity contribution in [1.82, 2.24) is 0 Å². The van der Waals surface area contributed by atoms with Crippen LogP contribution in [0.1, 0.15) is 0 Å². The molecule has 0 bridgehead atoms. The molecule has 0 aromatic heterocycles. The first-order valence-electron chi connectivity index (χ1n) is 17.5. The number of aromatic hydroxyl groups is 4. The van der Waals surface area contributed by atoms with E-state index >= 15 is 0 Å². The molecule has 0 aliphatic carbocycles. The van der Waals surface area contributed by atoms with E-state index in [1.807, 2.05) is 48.5 Å². The van der Waals surface area contributed by atoms with E-state index in [2.05, 4.69) is 97.1 Å². The molecule has 5 heteroatoms. The summed E-state index contributed by atoms with van der Waals surface area (Å²) in [4.78, 5) is 0. The van der Waals surface area contributed by atoms with E-state index < -0.39 is 8.07 Å². The summed E-state index contributed by atoms with van der Waals surface area (Å²) in [5, 5.41) is 45.6. The molecule has 8 aromatic carbocycles. The first-order chi connectivity index (χ1) is 25.9. The van der Waals surface area contributed by atoms with Crippen LogP contribution in [0.5, 0.6) is 23.0 Å². The van der Waals surface area contributed by atoms with Gasteiger partial charge in [-0.3, -0.25) is 0 Å². The van der Waals surface area contributed by atoms with Crippen LogP contribution < -0.4 is 20.7 Å².